The van der Waals surface area contributed by atoms with Crippen molar-refractivity contribution >= 4 is 34.4 Å². The van der Waals surface area contributed by atoms with Crippen LogP contribution in [-0.2, 0) is 11.3 Å². The molecule has 0 aliphatic carbocycles. The Hall–Kier alpha value is -0.970. The van der Waals surface area contributed by atoms with Gasteiger partial charge in [-0.3, -0.25) is 0 Å². The number of aromatic nitrogens is 2. The van der Waals surface area contributed by atoms with Crippen LogP contribution in [0, 0.1) is 0 Å². The van der Waals surface area contributed by atoms with Crippen molar-refractivity contribution in [2.45, 2.75) is 11.7 Å². The van der Waals surface area contributed by atoms with E-state index in [1.807, 2.05) is 24.3 Å². The van der Waals surface area contributed by atoms with E-state index in [-0.39, 0.29) is 0 Å². The summed E-state index contributed by atoms with van der Waals surface area (Å²) < 4.78 is 7.34. The molecule has 0 radical (unpaired) electrons. The molecule has 0 aliphatic heterocycles. The maximum atomic E-state index is 5.53. The fourth-order valence-electron chi connectivity index (χ4n) is 1.72. The Morgan fingerprint density at radius 1 is 1.44 bits per heavy atom. The molecule has 1 heterocycles. The molecule has 5 heteroatoms. The van der Waals surface area contributed by atoms with Crippen LogP contribution in [-0.4, -0.2) is 29.0 Å². The molecule has 0 saturated carbocycles. The molecule has 0 saturated heterocycles. The Labute approximate surface area is 116 Å². The first-order chi connectivity index (χ1) is 8.86. The minimum atomic E-state index is 0.680. The van der Waals surface area contributed by atoms with Crippen molar-refractivity contribution < 1.29 is 4.74 Å². The molecule has 0 atom stereocenters. The largest absolute Gasteiger partial charge is 0.383 e. The quantitative estimate of drug-likeness (QED) is 0.759. The van der Waals surface area contributed by atoms with Crippen molar-refractivity contribution in [3.05, 3.63) is 35.9 Å². The van der Waals surface area contributed by atoms with Crippen LogP contribution < -0.4 is 0 Å². The molecule has 96 valence electrons. The van der Waals surface area contributed by atoms with Gasteiger partial charge in [0, 0.05) is 24.9 Å². The highest BCUT2D eigenvalue weighted by molar-refractivity contribution is 7.99. The number of hydrogen-bond acceptors (Lipinski definition) is 3. The zero-order valence-corrected chi connectivity index (χ0v) is 11.7. The summed E-state index contributed by atoms with van der Waals surface area (Å²) in [7, 11) is 1.71. The van der Waals surface area contributed by atoms with Gasteiger partial charge >= 0.3 is 0 Å². The predicted octanol–water partition coefficient (Wildman–Crippen LogP) is 3.53. The van der Waals surface area contributed by atoms with Crippen molar-refractivity contribution in [1.82, 2.24) is 9.55 Å². The smallest absolute Gasteiger partial charge is 0.169 e. The summed E-state index contributed by atoms with van der Waals surface area (Å²) in [6.45, 7) is 1.49. The predicted molar refractivity (Wildman–Crippen MR) is 77.3 cm³/mol. The van der Waals surface area contributed by atoms with Gasteiger partial charge in [-0.15, -0.1) is 0 Å². The second kappa shape index (κ2) is 6.83. The molecule has 0 spiro atoms. The molecule has 0 fully saturated rings. The van der Waals surface area contributed by atoms with Crippen LogP contribution in [0.25, 0.3) is 11.0 Å². The van der Waals surface area contributed by atoms with E-state index in [2.05, 4.69) is 15.6 Å². The Balaban J connectivity index is 2.30. The first-order valence-corrected chi connectivity index (χ1v) is 7.11. The highest BCUT2D eigenvalue weighted by Crippen LogP contribution is 2.24. The number of halogens is 1. The number of methoxy groups -OCH3 is 1. The number of hydrogen-bond donors (Lipinski definition) is 0. The standard InChI is InChI=1S/C13H15ClN2OS/c1-17-9-8-16-12-6-3-2-5-11(12)15-13(16)18-10-4-7-14/h2-7H,8-10H2,1H3. The molecule has 1 aromatic heterocycles. The number of fused-ring (bicyclic) bond motifs is 1. The SMILES string of the molecule is COCCn1c(SCC=CCl)nc2ccccc21. The van der Waals surface area contributed by atoms with Gasteiger partial charge in [-0.2, -0.15) is 0 Å². The first-order valence-electron chi connectivity index (χ1n) is 5.69. The molecule has 18 heavy (non-hydrogen) atoms. The molecule has 0 aliphatic rings. The van der Waals surface area contributed by atoms with Gasteiger partial charge in [-0.05, 0) is 12.1 Å². The number of benzene rings is 1. The topological polar surface area (TPSA) is 27.1 Å². The van der Waals surface area contributed by atoms with Crippen molar-refractivity contribution in [3.63, 3.8) is 0 Å². The lowest BCUT2D eigenvalue weighted by Crippen LogP contribution is -2.05. The number of nitrogens with zero attached hydrogens (tertiary/aromatic N) is 2. The van der Waals surface area contributed by atoms with Gasteiger partial charge in [0.1, 0.15) is 0 Å². The summed E-state index contributed by atoms with van der Waals surface area (Å²) in [6, 6.07) is 8.14. The summed E-state index contributed by atoms with van der Waals surface area (Å²) in [4.78, 5) is 4.63. The number of para-hydroxylation sites is 2. The molecule has 0 unspecified atom stereocenters. The zero-order chi connectivity index (χ0) is 12.8. The van der Waals surface area contributed by atoms with Crippen LogP contribution in [0.5, 0.6) is 0 Å². The Kier molecular flexibility index (Phi) is 5.11. The summed E-state index contributed by atoms with van der Waals surface area (Å²) >= 11 is 7.20. The lowest BCUT2D eigenvalue weighted by Gasteiger charge is -2.07. The number of rotatable bonds is 6. The Morgan fingerprint density at radius 3 is 3.06 bits per heavy atom. The second-order valence-corrected chi connectivity index (χ2v) is 4.94. The van der Waals surface area contributed by atoms with Gasteiger partial charge in [0.05, 0.1) is 17.6 Å². The fourth-order valence-corrected chi connectivity index (χ4v) is 2.77. The molecular formula is C13H15ClN2OS. The third kappa shape index (κ3) is 3.07. The van der Waals surface area contributed by atoms with Crippen molar-refractivity contribution in [2.24, 2.45) is 0 Å². The normalized spacial score (nSPS) is 11.7. The van der Waals surface area contributed by atoms with Gasteiger partial charge in [0.25, 0.3) is 0 Å². The van der Waals surface area contributed by atoms with E-state index >= 15 is 0 Å². The molecule has 0 amide bonds. The lowest BCUT2D eigenvalue weighted by atomic mass is 10.3. The molecule has 0 bridgehead atoms. The molecule has 3 nitrogen and oxygen atoms in total. The zero-order valence-electron chi connectivity index (χ0n) is 10.2. The van der Waals surface area contributed by atoms with Gasteiger partial charge in [-0.1, -0.05) is 41.6 Å². The number of ether oxygens (including phenoxy) is 1. The Morgan fingerprint density at radius 2 is 2.28 bits per heavy atom. The van der Waals surface area contributed by atoms with Crippen LogP contribution in [0.4, 0.5) is 0 Å². The van der Waals surface area contributed by atoms with Gasteiger partial charge in [0.2, 0.25) is 0 Å². The average Bonchev–Trinajstić information content (AvgIpc) is 2.74. The minimum absolute atomic E-state index is 0.680. The first kappa shape index (κ1) is 13.5. The van der Waals surface area contributed by atoms with E-state index in [0.717, 1.165) is 28.5 Å². The van der Waals surface area contributed by atoms with Crippen LogP contribution in [0.1, 0.15) is 0 Å². The fraction of sp³-hybridized carbons (Fsp3) is 0.308. The maximum Gasteiger partial charge on any atom is 0.169 e. The number of imidazole rings is 1. The molecule has 1 aromatic carbocycles. The maximum absolute atomic E-state index is 5.53. The van der Waals surface area contributed by atoms with E-state index in [0.29, 0.717) is 6.61 Å². The van der Waals surface area contributed by atoms with Crippen molar-refractivity contribution in [3.8, 4) is 0 Å². The van der Waals surface area contributed by atoms with E-state index in [9.17, 15) is 0 Å². The Bertz CT molecular complexity index is 539. The molecule has 2 aromatic rings. The lowest BCUT2D eigenvalue weighted by molar-refractivity contribution is 0.186. The van der Waals surface area contributed by atoms with E-state index in [1.165, 1.54) is 5.54 Å². The highest BCUT2D eigenvalue weighted by Gasteiger charge is 2.09. The van der Waals surface area contributed by atoms with Crippen LogP contribution in [0.3, 0.4) is 0 Å². The molecular weight excluding hydrogens is 268 g/mol. The van der Waals surface area contributed by atoms with Gasteiger partial charge in [-0.25, -0.2) is 4.98 Å². The average molecular weight is 283 g/mol. The second-order valence-electron chi connectivity index (χ2n) is 3.70. The van der Waals surface area contributed by atoms with Crippen LogP contribution >= 0.6 is 23.4 Å². The summed E-state index contributed by atoms with van der Waals surface area (Å²) in [5.41, 5.74) is 3.70. The molecule has 0 N–H and O–H groups in total. The van der Waals surface area contributed by atoms with Crippen LogP contribution in [0.15, 0.2) is 41.0 Å². The summed E-state index contributed by atoms with van der Waals surface area (Å²) in [6.07, 6.45) is 1.91. The minimum Gasteiger partial charge on any atom is -0.383 e. The summed E-state index contributed by atoms with van der Waals surface area (Å²) in [5, 5.41) is 1.00. The van der Waals surface area contributed by atoms with Crippen LogP contribution in [0.2, 0.25) is 0 Å². The van der Waals surface area contributed by atoms with Gasteiger partial charge < -0.3 is 9.30 Å². The van der Waals surface area contributed by atoms with Crippen molar-refractivity contribution in [1.29, 1.82) is 0 Å². The molecule has 2 rings (SSSR count). The van der Waals surface area contributed by atoms with Crippen molar-refractivity contribution in [2.75, 3.05) is 19.5 Å². The third-order valence-electron chi connectivity index (χ3n) is 2.54. The van der Waals surface area contributed by atoms with Gasteiger partial charge in [0.15, 0.2) is 5.16 Å². The third-order valence-corrected chi connectivity index (χ3v) is 3.64. The highest BCUT2D eigenvalue weighted by atomic mass is 35.5. The van der Waals surface area contributed by atoms with E-state index in [1.54, 1.807) is 18.9 Å². The summed E-state index contributed by atoms with van der Waals surface area (Å²) in [5.74, 6) is 0.819. The monoisotopic (exact) mass is 282 g/mol. The van der Waals surface area contributed by atoms with E-state index in [4.69, 9.17) is 16.3 Å². The van der Waals surface area contributed by atoms with E-state index < -0.39 is 0 Å². The number of thioether (sulfide) groups is 1.